The number of unbranched alkanes of at least 4 members (excludes halogenated alkanes) is 3. The number of nitrogens with one attached hydrogen (secondary N) is 2. The van der Waals surface area contributed by atoms with E-state index in [9.17, 15) is 0 Å². The molecule has 0 saturated heterocycles. The van der Waals surface area contributed by atoms with Crippen LogP contribution in [0.5, 0.6) is 0 Å². The molecule has 2 aromatic rings. The number of benzene rings is 1. The maximum Gasteiger partial charge on any atom is 0.191 e. The number of hydrogen-bond donors (Lipinski definition) is 3. The summed E-state index contributed by atoms with van der Waals surface area (Å²) in [7, 11) is 0. The Morgan fingerprint density at radius 1 is 1.00 bits per heavy atom. The van der Waals surface area contributed by atoms with Gasteiger partial charge >= 0.3 is 0 Å². The van der Waals surface area contributed by atoms with Gasteiger partial charge in [-0.2, -0.15) is 0 Å². The highest BCUT2D eigenvalue weighted by atomic mass is 127. The second kappa shape index (κ2) is 14.9. The Kier molecular flexibility index (Phi) is 13.3. The monoisotopic (exact) mass is 549 g/mol. The van der Waals surface area contributed by atoms with Crippen molar-refractivity contribution in [1.29, 1.82) is 0 Å². The first-order chi connectivity index (χ1) is 12.8. The fourth-order valence-corrected chi connectivity index (χ4v) is 2.75. The molecule has 7 heteroatoms. The van der Waals surface area contributed by atoms with Crippen LogP contribution in [0.1, 0.15) is 37.0 Å². The molecule has 0 unspecified atom stereocenters. The lowest BCUT2D eigenvalue weighted by molar-refractivity contribution is 0.282. The molecule has 0 bridgehead atoms. The fraction of sp³-hybridized carbons (Fsp3) is 0.450. The Bertz CT molecular complexity index is 633. The molecule has 0 radical (unpaired) electrons. The van der Waals surface area contributed by atoms with Gasteiger partial charge in [-0.05, 0) is 42.7 Å². The first-order valence-corrected chi connectivity index (χ1v) is 9.97. The Morgan fingerprint density at radius 3 is 2.44 bits per heavy atom. The SMILES string of the molecule is I.OCCCCCCNC(=NCc1ccc(Br)cc1)NCCc1ccco1. The third-order valence-corrected chi connectivity index (χ3v) is 4.48. The molecule has 3 N–H and O–H groups in total. The number of aliphatic imine (C=N–C) groups is 1. The minimum Gasteiger partial charge on any atom is -0.469 e. The lowest BCUT2D eigenvalue weighted by Gasteiger charge is -2.12. The number of nitrogens with zero attached hydrogens (tertiary/aromatic N) is 1. The summed E-state index contributed by atoms with van der Waals surface area (Å²) in [5.41, 5.74) is 1.17. The van der Waals surface area contributed by atoms with Gasteiger partial charge < -0.3 is 20.2 Å². The van der Waals surface area contributed by atoms with Crippen LogP contribution in [-0.2, 0) is 13.0 Å². The molecule has 1 heterocycles. The Hall–Kier alpha value is -1.06. The van der Waals surface area contributed by atoms with Crippen LogP contribution in [0.2, 0.25) is 0 Å². The minimum absolute atomic E-state index is 0. The van der Waals surface area contributed by atoms with Crippen molar-refractivity contribution in [3.8, 4) is 0 Å². The lowest BCUT2D eigenvalue weighted by Crippen LogP contribution is -2.39. The van der Waals surface area contributed by atoms with Crippen LogP contribution in [0, 0.1) is 0 Å². The van der Waals surface area contributed by atoms with E-state index in [2.05, 4.69) is 43.7 Å². The third kappa shape index (κ3) is 10.8. The molecule has 0 aliphatic rings. The summed E-state index contributed by atoms with van der Waals surface area (Å²) in [6, 6.07) is 12.1. The van der Waals surface area contributed by atoms with Crippen LogP contribution < -0.4 is 10.6 Å². The first kappa shape index (κ1) is 24.0. The van der Waals surface area contributed by atoms with E-state index in [1.165, 1.54) is 5.56 Å². The van der Waals surface area contributed by atoms with Crippen LogP contribution in [0.3, 0.4) is 0 Å². The van der Waals surface area contributed by atoms with Crippen LogP contribution in [0.25, 0.3) is 0 Å². The summed E-state index contributed by atoms with van der Waals surface area (Å²) >= 11 is 3.45. The molecule has 0 aliphatic heterocycles. The predicted octanol–water partition coefficient (Wildman–Crippen LogP) is 4.49. The molecule has 2 rings (SSSR count). The van der Waals surface area contributed by atoms with Crippen molar-refractivity contribution >= 4 is 45.9 Å². The average molecular weight is 550 g/mol. The van der Waals surface area contributed by atoms with Crippen molar-refractivity contribution in [3.63, 3.8) is 0 Å². The van der Waals surface area contributed by atoms with Crippen molar-refractivity contribution in [2.45, 2.75) is 38.6 Å². The van der Waals surface area contributed by atoms with Gasteiger partial charge in [0.05, 0.1) is 12.8 Å². The van der Waals surface area contributed by atoms with E-state index < -0.39 is 0 Å². The van der Waals surface area contributed by atoms with E-state index >= 15 is 0 Å². The van der Waals surface area contributed by atoms with Crippen LogP contribution in [-0.4, -0.2) is 30.8 Å². The van der Waals surface area contributed by atoms with Gasteiger partial charge in [0, 0.05) is 30.6 Å². The highest BCUT2D eigenvalue weighted by Gasteiger charge is 2.01. The summed E-state index contributed by atoms with van der Waals surface area (Å²) in [6.45, 7) is 2.55. The molecule has 0 aliphatic carbocycles. The summed E-state index contributed by atoms with van der Waals surface area (Å²) in [5, 5.41) is 15.6. The maximum atomic E-state index is 8.83. The van der Waals surface area contributed by atoms with Crippen LogP contribution in [0.15, 0.2) is 56.5 Å². The average Bonchev–Trinajstić information content (AvgIpc) is 3.16. The Labute approximate surface area is 187 Å². The van der Waals surface area contributed by atoms with Gasteiger partial charge in [-0.15, -0.1) is 24.0 Å². The quantitative estimate of drug-likeness (QED) is 0.167. The molecule has 150 valence electrons. The Morgan fingerprint density at radius 2 is 1.74 bits per heavy atom. The number of hydrogen-bond acceptors (Lipinski definition) is 3. The normalized spacial score (nSPS) is 11.1. The van der Waals surface area contributed by atoms with Crippen molar-refractivity contribution in [1.82, 2.24) is 10.6 Å². The molecule has 1 aromatic heterocycles. The van der Waals surface area contributed by atoms with E-state index in [-0.39, 0.29) is 30.6 Å². The second-order valence-electron chi connectivity index (χ2n) is 6.11. The molecule has 0 saturated carbocycles. The Balaban J connectivity index is 0.00000364. The zero-order valence-corrected chi connectivity index (χ0v) is 19.4. The molecule has 0 spiro atoms. The number of rotatable bonds is 11. The van der Waals surface area contributed by atoms with E-state index in [1.807, 2.05) is 24.3 Å². The first-order valence-electron chi connectivity index (χ1n) is 9.18. The van der Waals surface area contributed by atoms with E-state index in [1.54, 1.807) is 6.26 Å². The molecule has 27 heavy (non-hydrogen) atoms. The highest BCUT2D eigenvalue weighted by Crippen LogP contribution is 2.11. The van der Waals surface area contributed by atoms with E-state index in [4.69, 9.17) is 9.52 Å². The van der Waals surface area contributed by atoms with E-state index in [0.29, 0.717) is 6.54 Å². The topological polar surface area (TPSA) is 69.8 Å². The van der Waals surface area contributed by atoms with Gasteiger partial charge in [-0.1, -0.05) is 40.9 Å². The molecule has 0 fully saturated rings. The molecule has 5 nitrogen and oxygen atoms in total. The van der Waals surface area contributed by atoms with Crippen molar-refractivity contribution in [2.24, 2.45) is 4.99 Å². The van der Waals surface area contributed by atoms with Crippen molar-refractivity contribution in [2.75, 3.05) is 19.7 Å². The largest absolute Gasteiger partial charge is 0.469 e. The van der Waals surface area contributed by atoms with Gasteiger partial charge in [-0.3, -0.25) is 0 Å². The maximum absolute atomic E-state index is 8.83. The van der Waals surface area contributed by atoms with Gasteiger partial charge in [0.15, 0.2) is 5.96 Å². The summed E-state index contributed by atoms with van der Waals surface area (Å²) < 4.78 is 6.44. The number of aliphatic hydroxyl groups excluding tert-OH is 1. The smallest absolute Gasteiger partial charge is 0.191 e. The predicted molar refractivity (Wildman–Crippen MR) is 125 cm³/mol. The van der Waals surface area contributed by atoms with Crippen LogP contribution in [0.4, 0.5) is 0 Å². The molecule has 0 atom stereocenters. The summed E-state index contributed by atoms with van der Waals surface area (Å²) in [4.78, 5) is 4.68. The van der Waals surface area contributed by atoms with Gasteiger partial charge in [0.2, 0.25) is 0 Å². The summed E-state index contributed by atoms with van der Waals surface area (Å²) in [5.74, 6) is 1.79. The zero-order chi connectivity index (χ0) is 18.5. The standard InChI is InChI=1S/C20H28BrN3O2.HI/c21-18-9-7-17(8-10-18)16-24-20(22-12-3-1-2-4-14-25)23-13-11-19-6-5-15-26-19;/h5-10,15,25H,1-4,11-14,16H2,(H2,22,23,24);1H. The van der Waals surface area contributed by atoms with Gasteiger partial charge in [-0.25, -0.2) is 4.99 Å². The third-order valence-electron chi connectivity index (χ3n) is 3.95. The summed E-state index contributed by atoms with van der Waals surface area (Å²) in [6.07, 6.45) is 6.64. The number of aliphatic hydroxyl groups is 1. The lowest BCUT2D eigenvalue weighted by atomic mass is 10.2. The second-order valence-corrected chi connectivity index (χ2v) is 7.03. The molecule has 0 amide bonds. The van der Waals surface area contributed by atoms with Crippen molar-refractivity contribution < 1.29 is 9.52 Å². The zero-order valence-electron chi connectivity index (χ0n) is 15.5. The van der Waals surface area contributed by atoms with Gasteiger partial charge in [0.25, 0.3) is 0 Å². The van der Waals surface area contributed by atoms with Crippen molar-refractivity contribution in [3.05, 3.63) is 58.5 Å². The van der Waals surface area contributed by atoms with Crippen LogP contribution >= 0.6 is 39.9 Å². The molecular formula is C20H29BrIN3O2. The number of halogens is 2. The minimum atomic E-state index is 0. The fourth-order valence-electron chi connectivity index (χ4n) is 2.49. The number of guanidine groups is 1. The van der Waals surface area contributed by atoms with Gasteiger partial charge in [0.1, 0.15) is 5.76 Å². The number of furan rings is 1. The van der Waals surface area contributed by atoms with E-state index in [0.717, 1.165) is 61.4 Å². The highest BCUT2D eigenvalue weighted by molar-refractivity contribution is 14.0. The molecule has 1 aromatic carbocycles. The molecular weight excluding hydrogens is 521 g/mol.